The number of nitrogens with one attached hydrogen (secondary N) is 9. The van der Waals surface area contributed by atoms with Gasteiger partial charge in [-0.1, -0.05) is 113 Å². The first-order valence-electron chi connectivity index (χ1n) is 43.0. The van der Waals surface area contributed by atoms with Crippen molar-refractivity contribution in [3.8, 4) is 56.8 Å². The van der Waals surface area contributed by atoms with Crippen molar-refractivity contribution >= 4 is 98.9 Å². The third-order valence-corrected chi connectivity index (χ3v) is 25.9. The van der Waals surface area contributed by atoms with Crippen molar-refractivity contribution in [3.63, 3.8) is 0 Å². The first-order valence-corrected chi connectivity index (χ1v) is 45.1. The number of carbonyl (C=O) groups is 9. The second-order valence-electron chi connectivity index (χ2n) is 34.2. The Morgan fingerprint density at radius 3 is 1.89 bits per heavy atom. The zero-order chi connectivity index (χ0) is 96.8. The summed E-state index contributed by atoms with van der Waals surface area (Å²) < 4.78 is 53.3. The van der Waals surface area contributed by atoms with Gasteiger partial charge in [-0.2, -0.15) is 0 Å². The number of rotatable bonds is 25. The third kappa shape index (κ3) is 23.3. The Morgan fingerprint density at radius 2 is 1.27 bits per heavy atom. The van der Waals surface area contributed by atoms with Crippen molar-refractivity contribution in [1.82, 2.24) is 47.9 Å². The van der Waals surface area contributed by atoms with Crippen LogP contribution in [0.5, 0.6) is 34.5 Å². The third-order valence-electron chi connectivity index (χ3n) is 24.1. The molecule has 43 heteroatoms. The van der Waals surface area contributed by atoms with E-state index >= 15 is 28.8 Å². The Balaban J connectivity index is 1.02. The molecule has 8 amide bonds. The van der Waals surface area contributed by atoms with Gasteiger partial charge in [0, 0.05) is 47.6 Å². The van der Waals surface area contributed by atoms with Gasteiger partial charge in [-0.05, 0) is 183 Å². The Kier molecular flexibility index (Phi) is 32.7. The number of aromatic hydroxyl groups is 1. The van der Waals surface area contributed by atoms with Crippen LogP contribution >= 0.6 is 46.6 Å². The number of aliphatic hydroxyl groups excluding tert-OH is 8. The lowest BCUT2D eigenvalue weighted by atomic mass is 9.84. The molecule has 3 saturated heterocycles. The smallest absolute Gasteiger partial charge is 0.248 e. The van der Waals surface area contributed by atoms with Crippen LogP contribution in [0.3, 0.4) is 0 Å². The molecular formula is C91H107Cl3N12O27S. The van der Waals surface area contributed by atoms with Crippen LogP contribution in [0.25, 0.3) is 22.3 Å². The van der Waals surface area contributed by atoms with Crippen LogP contribution in [-0.2, 0) is 73.4 Å². The quantitative estimate of drug-likeness (QED) is 0.0289. The van der Waals surface area contributed by atoms with E-state index in [1.807, 2.05) is 36.4 Å². The van der Waals surface area contributed by atoms with Crippen molar-refractivity contribution in [2.24, 2.45) is 17.2 Å². The molecule has 0 radical (unpaired) electrons. The summed E-state index contributed by atoms with van der Waals surface area (Å²) in [5.41, 5.74) is 15.9. The van der Waals surface area contributed by atoms with Crippen molar-refractivity contribution in [3.05, 3.63) is 187 Å². The standard InChI is InChI=1S/C91H107Cl3N12O27S/c1-39(108)26-57(98-6)81(117)105-71-73(112)46-15-22-59(55(93)28-46)128-61-30-48-31-62(77(61)133-89-78(75(114)74(113)63(37-107)130-89)132-67-35-91(5,80(116)41(3)127-67)100-36-42-8-10-43(11-9-42)44-12-17-49(92)18-13-44)129-60-23-16-47(29-56(60)94)76(131-66-34-90(4,97)79(115)40(2)126-66)72-86(122)104-70(88(125)134-38-65(111)99-25-7-24-95)54-32-50(109)19-21-51(54)53-27-45(14-20-52(53)87(123)124)68(83(119)106-72)103-84(120)69(48)102-82(118)58(33-64(96)110)101-85(71)121/h8-23,27-32,39-41,57-58,63,66-76,78-80,87,89,98,100,107-109,112-116,123-124H,7,24-26,33-38,95,97H2,1-6H3,(H2,96,110)(H,99,111)(H,101,121)(H,102,118)(H,103,120)(H,104,122)(H,105,117)(H,106,119)/t39?,40-,41-,57+,58-,63+,66-,67-,68+,69+,70-,71+,72-,73+,74+,75-,76+,78+,79-,80-,89-,90-,91-/m0/s1. The van der Waals surface area contributed by atoms with Gasteiger partial charge in [0.2, 0.25) is 64.4 Å². The number of fused-ring (bicyclic) bond motifs is 15. The minimum atomic E-state index is -2.43. The Labute approximate surface area is 787 Å². The van der Waals surface area contributed by atoms with E-state index in [0.717, 1.165) is 59.2 Å². The number of ether oxygens (including phenoxy) is 8. The number of hydrogen-bond acceptors (Lipinski definition) is 32. The number of likely N-dealkylation sites (N-methyl/N-ethyl adjacent to an activating group) is 1. The molecule has 25 N–H and O–H groups in total. The number of hydrogen-bond donors (Lipinski definition) is 22. The summed E-state index contributed by atoms with van der Waals surface area (Å²) in [7, 11) is 1.37. The van der Waals surface area contributed by atoms with E-state index in [2.05, 4.69) is 47.9 Å². The van der Waals surface area contributed by atoms with Gasteiger partial charge in [0.05, 0.1) is 65.4 Å². The monoisotopic (exact) mass is 1940 g/mol. The zero-order valence-corrected chi connectivity index (χ0v) is 76.2. The summed E-state index contributed by atoms with van der Waals surface area (Å²) in [5.74, 6) is -13.8. The summed E-state index contributed by atoms with van der Waals surface area (Å²) in [6.45, 7) is 7.10. The number of phenolic OH excluding ortho intramolecular Hbond substituents is 1. The molecule has 0 spiro atoms. The maximum absolute atomic E-state index is 16.8. The zero-order valence-electron chi connectivity index (χ0n) is 73.2. The van der Waals surface area contributed by atoms with Crippen LogP contribution in [-0.4, -0.2) is 245 Å². The molecule has 0 saturated carbocycles. The molecule has 0 aliphatic carbocycles. The van der Waals surface area contributed by atoms with Crippen LogP contribution in [0.1, 0.15) is 142 Å². The van der Waals surface area contributed by atoms with E-state index < -0.39 is 261 Å². The molecule has 7 aromatic carbocycles. The highest BCUT2D eigenvalue weighted by Gasteiger charge is 2.53. The number of halogens is 3. The number of amides is 8. The van der Waals surface area contributed by atoms with Crippen molar-refractivity contribution < 1.29 is 132 Å². The van der Waals surface area contributed by atoms with E-state index in [4.69, 9.17) is 89.9 Å². The summed E-state index contributed by atoms with van der Waals surface area (Å²) in [6, 6.07) is 16.5. The highest BCUT2D eigenvalue weighted by atomic mass is 35.5. The predicted octanol–water partition coefficient (Wildman–Crippen LogP) is 2.43. The Morgan fingerprint density at radius 1 is 0.657 bits per heavy atom. The minimum absolute atomic E-state index is 0.111. The summed E-state index contributed by atoms with van der Waals surface area (Å²) >= 11 is 21.4. The first-order chi connectivity index (χ1) is 63.6. The summed E-state index contributed by atoms with van der Waals surface area (Å²) in [5, 5.41) is 139. The highest BCUT2D eigenvalue weighted by Crippen LogP contribution is 2.50. The maximum Gasteiger partial charge on any atom is 0.248 e. The number of aliphatic hydroxyl groups is 9. The Hall–Kier alpha value is -10.3. The van der Waals surface area contributed by atoms with Gasteiger partial charge >= 0.3 is 0 Å². The lowest BCUT2D eigenvalue weighted by Gasteiger charge is -2.48. The number of thioether (sulfide) groups is 1. The van der Waals surface area contributed by atoms with Gasteiger partial charge in [0.25, 0.3) is 0 Å². The molecule has 3 fully saturated rings. The van der Waals surface area contributed by atoms with Gasteiger partial charge in [-0.3, -0.25) is 43.2 Å². The van der Waals surface area contributed by atoms with Crippen molar-refractivity contribution in [2.45, 2.75) is 219 Å². The number of nitrogens with two attached hydrogens (primary N) is 3. The molecule has 8 aliphatic rings. The molecular weight excluding hydrogens is 1830 g/mol. The molecule has 8 aliphatic heterocycles. The topological polar surface area (TPSA) is 616 Å². The molecule has 0 aromatic heterocycles. The fourth-order valence-electron chi connectivity index (χ4n) is 16.8. The van der Waals surface area contributed by atoms with E-state index in [-0.39, 0.29) is 83.6 Å². The van der Waals surface area contributed by atoms with Crippen LogP contribution in [0.4, 0.5) is 0 Å². The van der Waals surface area contributed by atoms with Crippen LogP contribution < -0.4 is 79.3 Å². The first kappa shape index (κ1) is 101. The number of primary amides is 1. The van der Waals surface area contributed by atoms with Gasteiger partial charge in [-0.15, -0.1) is 0 Å². The van der Waals surface area contributed by atoms with E-state index in [1.54, 1.807) is 26.0 Å². The van der Waals surface area contributed by atoms with Crippen LogP contribution in [0.2, 0.25) is 15.1 Å². The van der Waals surface area contributed by atoms with Crippen molar-refractivity contribution in [2.75, 3.05) is 32.5 Å². The Bertz CT molecular complexity index is 5500. The van der Waals surface area contributed by atoms with Crippen molar-refractivity contribution in [1.29, 1.82) is 0 Å². The molecule has 720 valence electrons. The molecule has 7 aromatic rings. The highest BCUT2D eigenvalue weighted by molar-refractivity contribution is 8.14. The largest absolute Gasteiger partial charge is 0.508 e. The lowest BCUT2D eigenvalue weighted by molar-refractivity contribution is -0.334. The molecule has 8 heterocycles. The second-order valence-corrected chi connectivity index (χ2v) is 36.5. The number of benzene rings is 7. The van der Waals surface area contributed by atoms with Crippen LogP contribution in [0.15, 0.2) is 133 Å². The molecule has 23 atom stereocenters. The van der Waals surface area contributed by atoms with Gasteiger partial charge < -0.3 is 154 Å². The second kappa shape index (κ2) is 43.4. The van der Waals surface area contributed by atoms with E-state index in [1.165, 1.54) is 70.3 Å². The average Bonchev–Trinajstić information content (AvgIpc) is 0.761. The molecule has 11 bridgehead atoms. The van der Waals surface area contributed by atoms with E-state index in [9.17, 15) is 65.4 Å². The summed E-state index contributed by atoms with van der Waals surface area (Å²) in [4.78, 5) is 137. The summed E-state index contributed by atoms with van der Waals surface area (Å²) in [6.07, 6.45) is -26.9. The molecule has 1 unspecified atom stereocenters. The minimum Gasteiger partial charge on any atom is -0.508 e. The van der Waals surface area contributed by atoms with E-state index in [0.29, 0.717) is 23.2 Å². The maximum atomic E-state index is 16.8. The normalized spacial score (nSPS) is 28.8. The fourth-order valence-corrected chi connectivity index (χ4v) is 18.1. The average molecular weight is 1940 g/mol. The molecule has 39 nitrogen and oxygen atoms in total. The molecule has 15 rings (SSSR count). The van der Waals surface area contributed by atoms with Crippen LogP contribution in [0, 0.1) is 0 Å². The van der Waals surface area contributed by atoms with Gasteiger partial charge in [0.1, 0.15) is 84.0 Å². The van der Waals surface area contributed by atoms with Gasteiger partial charge in [0.15, 0.2) is 36.5 Å². The number of carbonyl (C=O) groups excluding carboxylic acids is 9. The molecule has 134 heavy (non-hydrogen) atoms. The number of phenols is 1. The predicted molar refractivity (Wildman–Crippen MR) is 482 cm³/mol. The SMILES string of the molecule is CN[C@H](CC(C)O)C(=O)N[C@H]1C(=O)N[C@@H](CC(N)=O)C(=O)N[C@H]2C(=O)N[C@H]3C(=O)N[C@H](C(=O)N[C@H](C(=O)SCC(=O)NCCCN)c4cc(O)ccc4-c4cc3ccc4C(O)O)[C@H](O[C@H]3C[C@](C)(N)[C@@H](O)[C@H](C)O3)c3ccc(c(Cl)c3)Oc3cc2cc(c3O[C@@H]2O[C@H](CO)[C@@H](O)[C@H](O)[C@H]2O[C@H]2C[C@](C)(NCc3ccc(-c4ccc(Cl)cc4)cc3)[C@@H](O)[C@H](C)O2)Oc2ccc(cc2Cl)[C@H]1O. The van der Waals surface area contributed by atoms with Gasteiger partial charge in [-0.25, -0.2) is 0 Å². The fraction of sp³-hybridized carbons (Fsp3) is 0.440. The lowest BCUT2D eigenvalue weighted by Crippen LogP contribution is -2.65.